The van der Waals surface area contributed by atoms with Crippen molar-refractivity contribution < 1.29 is 10.2 Å². The van der Waals surface area contributed by atoms with E-state index in [4.69, 9.17) is 5.79 Å². The molecule has 5 rings (SSSR count). The van der Waals surface area contributed by atoms with Gasteiger partial charge in [-0.05, 0) is 53.4 Å². The Hall–Kier alpha value is -3.46. The first-order chi connectivity index (χ1) is 14.4. The molecule has 0 aliphatic heterocycles. The smallest absolute Gasteiger partial charge is 0.144 e. The summed E-state index contributed by atoms with van der Waals surface area (Å²) in [4.78, 5) is 4.53. The van der Waals surface area contributed by atoms with E-state index in [1.54, 1.807) is 18.3 Å². The molecule has 0 spiro atoms. The van der Waals surface area contributed by atoms with E-state index >= 15 is 0 Å². The summed E-state index contributed by atoms with van der Waals surface area (Å²) in [6.07, 6.45) is 1.73. The second kappa shape index (κ2) is 6.85. The van der Waals surface area contributed by atoms with Gasteiger partial charge in [-0.3, -0.25) is 4.98 Å². The molecule has 0 fully saturated rings. The van der Waals surface area contributed by atoms with E-state index in [2.05, 4.69) is 4.98 Å². The van der Waals surface area contributed by atoms with Crippen LogP contribution in [0.3, 0.4) is 0 Å². The van der Waals surface area contributed by atoms with Crippen LogP contribution in [0.4, 0.5) is 4.39 Å². The highest BCUT2D eigenvalue weighted by Gasteiger charge is 2.15. The molecule has 0 amide bonds. The van der Waals surface area contributed by atoms with Crippen molar-refractivity contribution in [3.63, 3.8) is 0 Å². The fourth-order valence-corrected chi connectivity index (χ4v) is 3.75. The van der Waals surface area contributed by atoms with Gasteiger partial charge in [-0.2, -0.15) is 0 Å². The maximum absolute atomic E-state index is 14.2. The largest absolute Gasteiger partial charge is 0.455 e. The molecule has 0 saturated heterocycles. The van der Waals surface area contributed by atoms with E-state index in [-0.39, 0.29) is 5.82 Å². The van der Waals surface area contributed by atoms with Gasteiger partial charge in [-0.15, -0.1) is 0 Å². The molecule has 29 heavy (non-hydrogen) atoms. The van der Waals surface area contributed by atoms with Crippen LogP contribution in [0.5, 0.6) is 0 Å². The second-order valence-corrected chi connectivity index (χ2v) is 7.40. The van der Waals surface area contributed by atoms with Gasteiger partial charge < -0.3 is 4.42 Å². The molecule has 2 nitrogen and oxygen atoms in total. The van der Waals surface area contributed by atoms with Crippen molar-refractivity contribution in [2.24, 2.45) is 0 Å². The van der Waals surface area contributed by atoms with Crippen LogP contribution in [-0.4, -0.2) is 4.98 Å². The molecule has 0 saturated carbocycles. The van der Waals surface area contributed by atoms with Gasteiger partial charge in [-0.1, -0.05) is 50.2 Å². The average molecular weight is 382 g/mol. The minimum absolute atomic E-state index is 0.257. The molecule has 0 unspecified atom stereocenters. The molecule has 0 radical (unpaired) electrons. The molecule has 0 aliphatic carbocycles. The summed E-state index contributed by atoms with van der Waals surface area (Å²) >= 11 is 0. The lowest BCUT2D eigenvalue weighted by atomic mass is 10.00. The van der Waals surface area contributed by atoms with Gasteiger partial charge in [-0.25, -0.2) is 4.39 Å². The summed E-state index contributed by atoms with van der Waals surface area (Å²) in [6, 6.07) is 22.3. The summed E-state index contributed by atoms with van der Waals surface area (Å²) in [7, 11) is 0. The number of fused-ring (bicyclic) bond motifs is 3. The van der Waals surface area contributed by atoms with E-state index < -0.39 is 5.89 Å². The highest BCUT2D eigenvalue weighted by molar-refractivity contribution is 6.10. The summed E-state index contributed by atoms with van der Waals surface area (Å²) in [5, 5.41) is 1.96. The summed E-state index contributed by atoms with van der Waals surface area (Å²) in [5.74, 6) is -0.971. The Balaban J connectivity index is 1.71. The zero-order valence-corrected chi connectivity index (χ0v) is 16.2. The highest BCUT2D eigenvalue weighted by Crippen LogP contribution is 2.37. The van der Waals surface area contributed by atoms with Gasteiger partial charge in [0.1, 0.15) is 17.0 Å². The third-order valence-corrected chi connectivity index (χ3v) is 5.30. The van der Waals surface area contributed by atoms with E-state index in [1.807, 2.05) is 68.4 Å². The standard InChI is InChI=1S/C26H20FNO/c1-16(2)17-12-13-28-24(14-17)22-8-5-7-21-20-11-10-18(15-25(20)29-26(21)22)19-6-3-4-9-23(19)27/h3-16H,1-2H3/i16D. The summed E-state index contributed by atoms with van der Waals surface area (Å²) in [5.41, 5.74) is 5.31. The van der Waals surface area contributed by atoms with E-state index in [0.717, 1.165) is 38.7 Å². The van der Waals surface area contributed by atoms with Crippen molar-refractivity contribution in [2.75, 3.05) is 0 Å². The number of para-hydroxylation sites is 1. The third-order valence-electron chi connectivity index (χ3n) is 5.30. The van der Waals surface area contributed by atoms with Crippen LogP contribution in [0.15, 0.2) is 83.4 Å². The predicted molar refractivity (Wildman–Crippen MR) is 116 cm³/mol. The fraction of sp³-hybridized carbons (Fsp3) is 0.115. The van der Waals surface area contributed by atoms with Gasteiger partial charge in [0.25, 0.3) is 0 Å². The Labute approximate surface area is 170 Å². The molecule has 0 bridgehead atoms. The Morgan fingerprint density at radius 3 is 2.55 bits per heavy atom. The third kappa shape index (κ3) is 2.99. The SMILES string of the molecule is [2H]C(C)(C)c1ccnc(-c2cccc3c2oc2cc(-c4ccccc4F)ccc23)c1. The van der Waals surface area contributed by atoms with Crippen LogP contribution >= 0.6 is 0 Å². The van der Waals surface area contributed by atoms with Crippen LogP contribution in [0.25, 0.3) is 44.3 Å². The van der Waals surface area contributed by atoms with Crippen LogP contribution in [0.1, 0.15) is 26.7 Å². The number of rotatable bonds is 3. The molecule has 3 aromatic carbocycles. The number of hydrogen-bond acceptors (Lipinski definition) is 2. The summed E-state index contributed by atoms with van der Waals surface area (Å²) < 4.78 is 28.8. The summed E-state index contributed by atoms with van der Waals surface area (Å²) in [6.45, 7) is 3.72. The second-order valence-electron chi connectivity index (χ2n) is 7.40. The molecule has 3 heteroatoms. The van der Waals surface area contributed by atoms with E-state index in [0.29, 0.717) is 11.1 Å². The molecule has 5 aromatic rings. The quantitative estimate of drug-likeness (QED) is 0.321. The number of pyridine rings is 1. The lowest BCUT2D eigenvalue weighted by Gasteiger charge is -2.07. The first-order valence-corrected chi connectivity index (χ1v) is 9.59. The molecule has 142 valence electrons. The number of nitrogens with zero attached hydrogens (tertiary/aromatic N) is 1. The first kappa shape index (κ1) is 16.5. The van der Waals surface area contributed by atoms with Crippen LogP contribution in [0, 0.1) is 5.82 Å². The number of halogens is 1. The van der Waals surface area contributed by atoms with Crippen molar-refractivity contribution in [2.45, 2.75) is 19.7 Å². The van der Waals surface area contributed by atoms with Crippen molar-refractivity contribution in [3.05, 3.63) is 90.4 Å². The van der Waals surface area contributed by atoms with Gasteiger partial charge in [0.05, 0.1) is 5.69 Å². The Bertz CT molecular complexity index is 1400. The predicted octanol–water partition coefficient (Wildman–Crippen LogP) is 7.58. The zero-order chi connectivity index (χ0) is 20.9. The highest BCUT2D eigenvalue weighted by atomic mass is 19.1. The van der Waals surface area contributed by atoms with Gasteiger partial charge in [0.15, 0.2) is 0 Å². The Morgan fingerprint density at radius 1 is 0.897 bits per heavy atom. The molecular weight excluding hydrogens is 361 g/mol. The topological polar surface area (TPSA) is 26.0 Å². The maximum Gasteiger partial charge on any atom is 0.144 e. The molecular formula is C26H20FNO. The molecule has 0 atom stereocenters. The molecule has 2 aromatic heterocycles. The minimum Gasteiger partial charge on any atom is -0.455 e. The van der Waals surface area contributed by atoms with E-state index in [1.165, 1.54) is 6.07 Å². The number of furan rings is 1. The van der Waals surface area contributed by atoms with Crippen LogP contribution < -0.4 is 0 Å². The lowest BCUT2D eigenvalue weighted by molar-refractivity contribution is 0.631. The lowest BCUT2D eigenvalue weighted by Crippen LogP contribution is -1.90. The van der Waals surface area contributed by atoms with Crippen molar-refractivity contribution in [3.8, 4) is 22.4 Å². The van der Waals surface area contributed by atoms with E-state index in [9.17, 15) is 4.39 Å². The molecule has 0 aliphatic rings. The van der Waals surface area contributed by atoms with Crippen LogP contribution in [0.2, 0.25) is 0 Å². The number of benzene rings is 3. The molecule has 2 heterocycles. The average Bonchev–Trinajstić information content (AvgIpc) is 3.11. The van der Waals surface area contributed by atoms with Crippen LogP contribution in [-0.2, 0) is 0 Å². The van der Waals surface area contributed by atoms with Crippen molar-refractivity contribution in [1.29, 1.82) is 0 Å². The zero-order valence-electron chi connectivity index (χ0n) is 17.2. The van der Waals surface area contributed by atoms with Gasteiger partial charge in [0.2, 0.25) is 0 Å². The van der Waals surface area contributed by atoms with Crippen molar-refractivity contribution in [1.82, 2.24) is 4.98 Å². The Kier molecular flexibility index (Phi) is 3.90. The fourth-order valence-electron chi connectivity index (χ4n) is 3.75. The van der Waals surface area contributed by atoms with Crippen molar-refractivity contribution >= 4 is 21.9 Å². The monoisotopic (exact) mass is 382 g/mol. The maximum atomic E-state index is 14.2. The van der Waals surface area contributed by atoms with Gasteiger partial charge >= 0.3 is 0 Å². The first-order valence-electron chi connectivity index (χ1n) is 10.1. The number of hydrogen-bond donors (Lipinski definition) is 0. The normalized spacial score (nSPS) is 12.4. The number of aromatic nitrogens is 1. The van der Waals surface area contributed by atoms with Gasteiger partial charge in [0, 0.05) is 29.5 Å². The molecule has 0 N–H and O–H groups in total. The minimum atomic E-state index is -0.714. The Morgan fingerprint density at radius 2 is 1.72 bits per heavy atom.